The van der Waals surface area contributed by atoms with Crippen molar-refractivity contribution in [2.45, 2.75) is 36.6 Å². The van der Waals surface area contributed by atoms with E-state index in [-0.39, 0.29) is 18.1 Å². The van der Waals surface area contributed by atoms with E-state index < -0.39 is 28.8 Å². The average Bonchev–Trinajstić information content (AvgIpc) is 3.34. The number of fused-ring (bicyclic) bond motifs is 1. The number of aliphatic carboxylic acids is 1. The summed E-state index contributed by atoms with van der Waals surface area (Å²) in [6.45, 7) is 0.292. The van der Waals surface area contributed by atoms with Crippen LogP contribution in [0.5, 0.6) is 5.75 Å². The molecule has 1 saturated heterocycles. The number of rotatable bonds is 6. The second kappa shape index (κ2) is 8.70. The second-order valence-electron chi connectivity index (χ2n) is 10.3. The summed E-state index contributed by atoms with van der Waals surface area (Å²) in [7, 11) is 1.61. The summed E-state index contributed by atoms with van der Waals surface area (Å²) >= 11 is 2.34. The summed E-state index contributed by atoms with van der Waals surface area (Å²) in [5, 5.41) is 14.3. The molecule has 6 heteroatoms. The van der Waals surface area contributed by atoms with E-state index in [0.29, 0.717) is 12.3 Å². The Labute approximate surface area is 224 Å². The van der Waals surface area contributed by atoms with Gasteiger partial charge >= 0.3 is 5.97 Å². The van der Waals surface area contributed by atoms with Crippen molar-refractivity contribution in [3.05, 3.63) is 98.6 Å². The maximum absolute atomic E-state index is 14.0. The summed E-state index contributed by atoms with van der Waals surface area (Å²) in [6.07, 6.45) is 1.82. The quantitative estimate of drug-likeness (QED) is 0.396. The first kappa shape index (κ1) is 23.7. The standard InChI is InChI=1S/C30H28INO4/c1-36-25-10-6-5-7-18(25)15-24(33)26-27-29(19-8-3-2-4-9-19)14-13-22(30(27,17-32-26)28(34)35)21-12-11-20(31)16-23(21)29/h2-12,16,22,26-27,32H,13-15,17H2,1H3,(H,34,35). The number of benzene rings is 3. The lowest BCUT2D eigenvalue weighted by Gasteiger charge is -2.60. The molecule has 2 bridgehead atoms. The van der Waals surface area contributed by atoms with Gasteiger partial charge in [-0.25, -0.2) is 0 Å². The highest BCUT2D eigenvalue weighted by atomic mass is 127. The minimum atomic E-state index is -1.05. The minimum Gasteiger partial charge on any atom is -0.496 e. The molecule has 5 atom stereocenters. The Bertz CT molecular complexity index is 1360. The van der Waals surface area contributed by atoms with Crippen molar-refractivity contribution in [2.75, 3.05) is 13.7 Å². The Morgan fingerprint density at radius 2 is 1.83 bits per heavy atom. The maximum Gasteiger partial charge on any atom is 0.311 e. The molecule has 3 aromatic rings. The van der Waals surface area contributed by atoms with Crippen molar-refractivity contribution in [1.29, 1.82) is 0 Å². The Kier molecular flexibility index (Phi) is 5.72. The molecule has 5 unspecified atom stereocenters. The van der Waals surface area contributed by atoms with Gasteiger partial charge in [-0.05, 0) is 70.3 Å². The largest absolute Gasteiger partial charge is 0.496 e. The summed E-state index contributed by atoms with van der Waals surface area (Å²) in [6, 6.07) is 23.7. The van der Waals surface area contributed by atoms with Gasteiger partial charge in [0, 0.05) is 39.4 Å². The highest BCUT2D eigenvalue weighted by Gasteiger charge is 2.72. The zero-order valence-electron chi connectivity index (χ0n) is 20.0. The summed E-state index contributed by atoms with van der Waals surface area (Å²) in [5.41, 5.74) is 2.64. The van der Waals surface area contributed by atoms with Crippen LogP contribution in [0.3, 0.4) is 0 Å². The molecule has 0 aromatic heterocycles. The lowest BCUT2D eigenvalue weighted by molar-refractivity contribution is -0.158. The van der Waals surface area contributed by atoms with Crippen LogP contribution in [0, 0.1) is 14.9 Å². The van der Waals surface area contributed by atoms with Gasteiger partial charge in [-0.1, -0.05) is 54.6 Å². The van der Waals surface area contributed by atoms with E-state index in [1.807, 2.05) is 42.5 Å². The predicted octanol–water partition coefficient (Wildman–Crippen LogP) is 4.95. The molecule has 3 aromatic carbocycles. The summed E-state index contributed by atoms with van der Waals surface area (Å²) in [4.78, 5) is 27.3. The van der Waals surface area contributed by atoms with Gasteiger partial charge in [0.15, 0.2) is 5.78 Å². The van der Waals surface area contributed by atoms with Crippen molar-refractivity contribution in [3.63, 3.8) is 0 Å². The number of carbonyl (C=O) groups excluding carboxylic acids is 1. The number of Topliss-reactive ketones (excluding diaryl/α,β-unsaturated/α-hetero) is 1. The van der Waals surface area contributed by atoms with Crippen LogP contribution >= 0.6 is 22.6 Å². The van der Waals surface area contributed by atoms with Gasteiger partial charge in [-0.2, -0.15) is 0 Å². The molecule has 184 valence electrons. The molecule has 0 amide bonds. The number of para-hydroxylation sites is 1. The smallest absolute Gasteiger partial charge is 0.311 e. The number of carboxylic acid groups (broad SMARTS) is 1. The minimum absolute atomic E-state index is 0.0164. The number of methoxy groups -OCH3 is 1. The average molecular weight is 593 g/mol. The van der Waals surface area contributed by atoms with E-state index in [1.165, 1.54) is 5.56 Å². The molecular formula is C30H28INO4. The van der Waals surface area contributed by atoms with E-state index in [0.717, 1.165) is 33.1 Å². The second-order valence-corrected chi connectivity index (χ2v) is 11.5. The first-order chi connectivity index (χ1) is 17.4. The summed E-state index contributed by atoms with van der Waals surface area (Å²) in [5.74, 6) is -0.633. The van der Waals surface area contributed by atoms with Crippen LogP contribution in [0.25, 0.3) is 0 Å². The molecule has 7 rings (SSSR count). The molecule has 2 N–H and O–H groups in total. The summed E-state index contributed by atoms with van der Waals surface area (Å²) < 4.78 is 6.63. The van der Waals surface area contributed by atoms with Crippen LogP contribution in [0.2, 0.25) is 0 Å². The molecule has 0 spiro atoms. The van der Waals surface area contributed by atoms with Crippen molar-refractivity contribution < 1.29 is 19.4 Å². The SMILES string of the molecule is COc1ccccc1CC(=O)C1NCC2(C(=O)O)C3CCC(c4ccccc4)(c4cc(I)ccc43)C12. The molecule has 5 nitrogen and oxygen atoms in total. The van der Waals surface area contributed by atoms with Gasteiger partial charge in [0.05, 0.1) is 18.6 Å². The zero-order valence-corrected chi connectivity index (χ0v) is 22.2. The van der Waals surface area contributed by atoms with Crippen molar-refractivity contribution >= 4 is 34.3 Å². The van der Waals surface area contributed by atoms with E-state index in [9.17, 15) is 14.7 Å². The molecule has 1 heterocycles. The number of hydrogen-bond donors (Lipinski definition) is 2. The normalized spacial score (nSPS) is 29.9. The van der Waals surface area contributed by atoms with E-state index in [2.05, 4.69) is 58.2 Å². The molecule has 0 radical (unpaired) electrons. The Hall–Kier alpha value is -2.71. The lowest BCUT2D eigenvalue weighted by atomic mass is 9.41. The Morgan fingerprint density at radius 3 is 2.58 bits per heavy atom. The molecule has 3 aliphatic carbocycles. The number of carboxylic acids is 1. The molecule has 36 heavy (non-hydrogen) atoms. The molecule has 2 fully saturated rings. The van der Waals surface area contributed by atoms with Crippen LogP contribution in [0.15, 0.2) is 72.8 Å². The molecular weight excluding hydrogens is 565 g/mol. The van der Waals surface area contributed by atoms with Crippen LogP contribution in [-0.2, 0) is 21.4 Å². The monoisotopic (exact) mass is 593 g/mol. The Morgan fingerprint density at radius 1 is 1.08 bits per heavy atom. The van der Waals surface area contributed by atoms with Gasteiger partial charge < -0.3 is 15.2 Å². The zero-order chi connectivity index (χ0) is 25.1. The van der Waals surface area contributed by atoms with E-state index >= 15 is 0 Å². The van der Waals surface area contributed by atoms with Crippen molar-refractivity contribution in [2.24, 2.45) is 11.3 Å². The van der Waals surface area contributed by atoms with Gasteiger partial charge in [-0.3, -0.25) is 9.59 Å². The van der Waals surface area contributed by atoms with Crippen LogP contribution in [-0.4, -0.2) is 36.6 Å². The third-order valence-electron chi connectivity index (χ3n) is 8.95. The Balaban J connectivity index is 1.55. The first-order valence-corrected chi connectivity index (χ1v) is 13.5. The number of nitrogens with one attached hydrogen (secondary N) is 1. The lowest BCUT2D eigenvalue weighted by Crippen LogP contribution is -2.62. The highest BCUT2D eigenvalue weighted by molar-refractivity contribution is 14.1. The maximum atomic E-state index is 14.0. The van der Waals surface area contributed by atoms with E-state index in [1.54, 1.807) is 7.11 Å². The fourth-order valence-corrected chi connectivity index (χ4v) is 8.12. The number of hydrogen-bond acceptors (Lipinski definition) is 4. The number of halogens is 1. The third kappa shape index (κ3) is 3.16. The number of ketones is 1. The topological polar surface area (TPSA) is 75.6 Å². The van der Waals surface area contributed by atoms with Crippen LogP contribution < -0.4 is 10.1 Å². The first-order valence-electron chi connectivity index (χ1n) is 12.4. The van der Waals surface area contributed by atoms with Gasteiger partial charge in [-0.15, -0.1) is 0 Å². The van der Waals surface area contributed by atoms with Crippen LogP contribution in [0.1, 0.15) is 41.0 Å². The van der Waals surface area contributed by atoms with Gasteiger partial charge in [0.2, 0.25) is 0 Å². The predicted molar refractivity (Wildman–Crippen MR) is 145 cm³/mol. The third-order valence-corrected chi connectivity index (χ3v) is 9.62. The molecule has 1 aliphatic heterocycles. The number of carbonyl (C=O) groups is 2. The van der Waals surface area contributed by atoms with Crippen LogP contribution in [0.4, 0.5) is 0 Å². The van der Waals surface area contributed by atoms with Crippen molar-refractivity contribution in [1.82, 2.24) is 5.32 Å². The highest BCUT2D eigenvalue weighted by Crippen LogP contribution is 2.69. The van der Waals surface area contributed by atoms with E-state index in [4.69, 9.17) is 4.74 Å². The molecule has 4 aliphatic rings. The molecule has 1 saturated carbocycles. The van der Waals surface area contributed by atoms with Gasteiger partial charge in [0.1, 0.15) is 5.75 Å². The van der Waals surface area contributed by atoms with Crippen molar-refractivity contribution in [3.8, 4) is 5.75 Å². The van der Waals surface area contributed by atoms with Gasteiger partial charge in [0.25, 0.3) is 0 Å². The fourth-order valence-electron chi connectivity index (χ4n) is 7.63. The number of ether oxygens (including phenoxy) is 1. The fraction of sp³-hybridized carbons (Fsp3) is 0.333.